The van der Waals surface area contributed by atoms with Gasteiger partial charge >= 0.3 is 0 Å². The van der Waals surface area contributed by atoms with Crippen molar-refractivity contribution in [2.24, 2.45) is 5.41 Å². The van der Waals surface area contributed by atoms with Crippen molar-refractivity contribution in [3.8, 4) is 0 Å². The molecule has 0 aliphatic rings. The van der Waals surface area contributed by atoms with Crippen molar-refractivity contribution in [2.75, 3.05) is 52.9 Å². The van der Waals surface area contributed by atoms with E-state index in [1.165, 1.54) is 0 Å². The normalized spacial score (nSPS) is 11.8. The van der Waals surface area contributed by atoms with Crippen LogP contribution in [0.5, 0.6) is 0 Å². The maximum atomic E-state index is 11.6. The highest BCUT2D eigenvalue weighted by Crippen LogP contribution is 2.16. The van der Waals surface area contributed by atoms with Gasteiger partial charge in [0.15, 0.2) is 0 Å². The first-order valence-corrected chi connectivity index (χ1v) is 7.99. The molecular weight excluding hydrogens is 324 g/mol. The first-order chi connectivity index (χ1) is 11.5. The summed E-state index contributed by atoms with van der Waals surface area (Å²) in [6.07, 6.45) is 0.333. The lowest BCUT2D eigenvalue weighted by atomic mass is 9.89. The third-order valence-electron chi connectivity index (χ3n) is 2.57. The molecule has 0 aromatic rings. The number of rotatable bonds is 17. The summed E-state index contributed by atoms with van der Waals surface area (Å²) in [5.74, 6) is 0.137. The Balaban J connectivity index is 3.12. The van der Waals surface area contributed by atoms with Gasteiger partial charge in [0.05, 0.1) is 39.6 Å². The Kier molecular flexibility index (Phi) is 15.4. The van der Waals surface area contributed by atoms with E-state index in [4.69, 9.17) is 19.2 Å². The van der Waals surface area contributed by atoms with Gasteiger partial charge in [0.25, 0.3) is 0 Å². The van der Waals surface area contributed by atoms with Crippen LogP contribution >= 0.6 is 0 Å². The van der Waals surface area contributed by atoms with Gasteiger partial charge in [0.1, 0.15) is 19.0 Å². The molecule has 0 radical (unpaired) electrons. The van der Waals surface area contributed by atoms with Crippen molar-refractivity contribution in [3.63, 3.8) is 0 Å². The molecule has 9 heteroatoms. The summed E-state index contributed by atoms with van der Waals surface area (Å²) in [5, 5.41) is 8.38. The lowest BCUT2D eigenvalue weighted by molar-refractivity contribution is -0.633. The van der Waals surface area contributed by atoms with Crippen molar-refractivity contribution >= 4 is 5.78 Å². The molecule has 0 bridgehead atoms. The van der Waals surface area contributed by atoms with Gasteiger partial charge in [-0.15, -0.1) is 0 Å². The van der Waals surface area contributed by atoms with E-state index in [-0.39, 0.29) is 31.0 Å². The average Bonchev–Trinajstić information content (AvgIpc) is 2.53. The molecule has 0 unspecified atom stereocenters. The molecule has 0 saturated carbocycles. The molecule has 144 valence electrons. The molecule has 0 N–H and O–H groups in total. The molecule has 0 saturated heterocycles. The minimum atomic E-state index is -0.347. The van der Waals surface area contributed by atoms with Crippen LogP contribution in [0.1, 0.15) is 34.1 Å². The van der Waals surface area contributed by atoms with Gasteiger partial charge in [0, 0.05) is 11.8 Å². The highest BCUT2D eigenvalue weighted by molar-refractivity contribution is 5.83. The van der Waals surface area contributed by atoms with E-state index < -0.39 is 0 Å². The minimum absolute atomic E-state index is 0.137. The molecule has 0 heterocycles. The fraction of sp³-hybridized carbons (Fsp3) is 0.933. The standard InChI is InChI=1S/C15H30O9/c1-5-19-23-24-22-13-11-18-9-8-17-10-12-21-20-7-6-14(16)15(2,3)4/h5-13H2,1-4H3. The predicted molar refractivity (Wildman–Crippen MR) is 82.4 cm³/mol. The Labute approximate surface area is 143 Å². The summed E-state index contributed by atoms with van der Waals surface area (Å²) in [7, 11) is 0. The van der Waals surface area contributed by atoms with E-state index in [2.05, 4.69) is 19.9 Å². The van der Waals surface area contributed by atoms with Crippen LogP contribution in [0, 0.1) is 5.41 Å². The molecule has 0 fully saturated rings. The molecule has 9 nitrogen and oxygen atoms in total. The molecule has 0 atom stereocenters. The SMILES string of the molecule is CCOOOOCCOCCOCCOOCCC(=O)C(C)(C)C. The number of hydrogen-bond acceptors (Lipinski definition) is 9. The first-order valence-electron chi connectivity index (χ1n) is 7.99. The van der Waals surface area contributed by atoms with Crippen LogP contribution < -0.4 is 0 Å². The summed E-state index contributed by atoms with van der Waals surface area (Å²) in [4.78, 5) is 30.4. The van der Waals surface area contributed by atoms with E-state index in [9.17, 15) is 4.79 Å². The van der Waals surface area contributed by atoms with Crippen LogP contribution in [-0.4, -0.2) is 58.6 Å². The molecule has 0 rings (SSSR count). The van der Waals surface area contributed by atoms with Gasteiger partial charge in [-0.25, -0.2) is 19.6 Å². The molecule has 0 spiro atoms. The van der Waals surface area contributed by atoms with Gasteiger partial charge in [-0.2, -0.15) is 0 Å². The highest BCUT2D eigenvalue weighted by atomic mass is 17.7. The lowest BCUT2D eigenvalue weighted by Crippen LogP contribution is -2.21. The van der Waals surface area contributed by atoms with Crippen molar-refractivity contribution in [2.45, 2.75) is 34.1 Å². The zero-order valence-electron chi connectivity index (χ0n) is 15.0. The Bertz CT molecular complexity index is 291. The molecule has 24 heavy (non-hydrogen) atoms. The maximum Gasteiger partial charge on any atom is 0.140 e. The zero-order valence-corrected chi connectivity index (χ0v) is 15.0. The fourth-order valence-electron chi connectivity index (χ4n) is 1.26. The fourth-order valence-corrected chi connectivity index (χ4v) is 1.26. The van der Waals surface area contributed by atoms with E-state index >= 15 is 0 Å². The zero-order chi connectivity index (χ0) is 18.1. The maximum absolute atomic E-state index is 11.6. The van der Waals surface area contributed by atoms with Gasteiger partial charge in [-0.1, -0.05) is 20.8 Å². The number of carbonyl (C=O) groups excluding carboxylic acids is 1. The van der Waals surface area contributed by atoms with Crippen LogP contribution in [0.15, 0.2) is 0 Å². The molecule has 0 aromatic heterocycles. The minimum Gasteiger partial charge on any atom is -0.377 e. The Morgan fingerprint density at radius 1 is 0.708 bits per heavy atom. The second kappa shape index (κ2) is 15.9. The summed E-state index contributed by atoms with van der Waals surface area (Å²) in [6, 6.07) is 0. The third-order valence-corrected chi connectivity index (χ3v) is 2.57. The number of ether oxygens (including phenoxy) is 2. The van der Waals surface area contributed by atoms with E-state index in [0.717, 1.165) is 0 Å². The van der Waals surface area contributed by atoms with E-state index in [0.29, 0.717) is 39.5 Å². The van der Waals surface area contributed by atoms with Gasteiger partial charge in [-0.05, 0) is 17.0 Å². The molecule has 0 aliphatic carbocycles. The first kappa shape index (κ1) is 23.4. The smallest absolute Gasteiger partial charge is 0.140 e. The summed E-state index contributed by atoms with van der Waals surface area (Å²) in [5.41, 5.74) is -0.347. The molecular formula is C15H30O9. The number of hydrogen-bond donors (Lipinski definition) is 0. The van der Waals surface area contributed by atoms with Gasteiger partial charge in [-0.3, -0.25) is 4.79 Å². The Morgan fingerprint density at radius 3 is 1.79 bits per heavy atom. The van der Waals surface area contributed by atoms with Crippen LogP contribution in [0.25, 0.3) is 0 Å². The van der Waals surface area contributed by atoms with Gasteiger partial charge < -0.3 is 9.47 Å². The van der Waals surface area contributed by atoms with Crippen LogP contribution in [-0.2, 0) is 43.9 Å². The van der Waals surface area contributed by atoms with Crippen molar-refractivity contribution in [3.05, 3.63) is 0 Å². The Morgan fingerprint density at radius 2 is 1.21 bits per heavy atom. The lowest BCUT2D eigenvalue weighted by Gasteiger charge is -2.15. The largest absolute Gasteiger partial charge is 0.377 e. The highest BCUT2D eigenvalue weighted by Gasteiger charge is 2.20. The second-order valence-electron chi connectivity index (χ2n) is 5.66. The van der Waals surface area contributed by atoms with E-state index in [1.54, 1.807) is 6.92 Å². The third kappa shape index (κ3) is 16.2. The van der Waals surface area contributed by atoms with Crippen molar-refractivity contribution in [1.82, 2.24) is 0 Å². The second-order valence-corrected chi connectivity index (χ2v) is 5.66. The number of Topliss-reactive ketones (excluding diaryl/α,β-unsaturated/α-hetero) is 1. The van der Waals surface area contributed by atoms with Crippen LogP contribution in [0.2, 0.25) is 0 Å². The summed E-state index contributed by atoms with van der Waals surface area (Å²) >= 11 is 0. The topological polar surface area (TPSA) is 90.9 Å². The molecule has 0 aliphatic heterocycles. The number of carbonyl (C=O) groups is 1. The van der Waals surface area contributed by atoms with E-state index in [1.807, 2.05) is 20.8 Å². The average molecular weight is 354 g/mol. The quantitative estimate of drug-likeness (QED) is 0.220. The molecule has 0 aromatic carbocycles. The number of ketones is 1. The van der Waals surface area contributed by atoms with Crippen LogP contribution in [0.3, 0.4) is 0 Å². The Hall–Kier alpha value is -0.650. The summed E-state index contributed by atoms with van der Waals surface area (Å²) < 4.78 is 10.5. The van der Waals surface area contributed by atoms with Crippen molar-refractivity contribution < 1.29 is 43.9 Å². The molecule has 0 amide bonds. The monoisotopic (exact) mass is 354 g/mol. The van der Waals surface area contributed by atoms with Crippen LogP contribution in [0.4, 0.5) is 0 Å². The summed E-state index contributed by atoms with van der Waals surface area (Å²) in [6.45, 7) is 10.0. The van der Waals surface area contributed by atoms with Gasteiger partial charge in [0.2, 0.25) is 0 Å². The van der Waals surface area contributed by atoms with Crippen molar-refractivity contribution in [1.29, 1.82) is 0 Å². The predicted octanol–water partition coefficient (Wildman–Crippen LogP) is 1.80.